The smallest absolute Gasteiger partial charge is 0.00131 e. The molecule has 0 atom stereocenters. The maximum absolute atomic E-state index is 2.39. The highest BCUT2D eigenvalue weighted by Crippen LogP contribution is 2.40. The molecule has 0 spiro atoms. The third kappa shape index (κ3) is 2.21. The molecule has 25 heavy (non-hydrogen) atoms. The van der Waals surface area contributed by atoms with Crippen molar-refractivity contribution in [3.05, 3.63) is 95.1 Å². The molecule has 4 aromatic rings. The Kier molecular flexibility index (Phi) is 3.08. The normalized spacial score (nSPS) is 12.2. The molecule has 0 nitrogen and oxygen atoms in total. The van der Waals surface area contributed by atoms with E-state index in [1.54, 1.807) is 0 Å². The molecule has 0 N–H and O–H groups in total. The second-order valence-corrected chi connectivity index (χ2v) is 7.18. The van der Waals surface area contributed by atoms with Gasteiger partial charge in [0.2, 0.25) is 0 Å². The lowest BCUT2D eigenvalue weighted by Crippen LogP contribution is -1.86. The molecule has 0 radical (unpaired) electrons. The Morgan fingerprint density at radius 1 is 0.600 bits per heavy atom. The van der Waals surface area contributed by atoms with Crippen molar-refractivity contribution in [2.24, 2.45) is 0 Å². The summed E-state index contributed by atoms with van der Waals surface area (Å²) in [6.07, 6.45) is 1.05. The molecule has 0 heteroatoms. The Bertz CT molecular complexity index is 1130. The minimum atomic E-state index is 1.05. The summed E-state index contributed by atoms with van der Waals surface area (Å²) in [6, 6.07) is 27.0. The van der Waals surface area contributed by atoms with Gasteiger partial charge in [0.05, 0.1) is 0 Å². The van der Waals surface area contributed by atoms with Crippen molar-refractivity contribution in [2.75, 3.05) is 0 Å². The van der Waals surface area contributed by atoms with Gasteiger partial charge in [0, 0.05) is 0 Å². The summed E-state index contributed by atoms with van der Waals surface area (Å²) in [7, 11) is 0. The molecule has 0 bridgehead atoms. The molecule has 0 aliphatic heterocycles. The van der Waals surface area contributed by atoms with Crippen LogP contribution in [-0.4, -0.2) is 0 Å². The fourth-order valence-corrected chi connectivity index (χ4v) is 4.23. The SMILES string of the molecule is Cc1ccc2c(c1)Cc1cc(-c3cccc4c(C)cccc34)ccc1-2. The number of hydrogen-bond donors (Lipinski definition) is 0. The fraction of sp³-hybridized carbons (Fsp3) is 0.120. The lowest BCUT2D eigenvalue weighted by molar-refractivity contribution is 1.25. The van der Waals surface area contributed by atoms with Gasteiger partial charge in [-0.3, -0.25) is 0 Å². The van der Waals surface area contributed by atoms with Crippen LogP contribution in [0.2, 0.25) is 0 Å². The number of aryl methyl sites for hydroxylation is 2. The lowest BCUT2D eigenvalue weighted by atomic mass is 9.94. The Hall–Kier alpha value is -2.86. The van der Waals surface area contributed by atoms with Gasteiger partial charge in [-0.2, -0.15) is 0 Å². The molecule has 0 unspecified atom stereocenters. The summed E-state index contributed by atoms with van der Waals surface area (Å²) in [5.74, 6) is 0. The summed E-state index contributed by atoms with van der Waals surface area (Å²) in [5, 5.41) is 2.69. The van der Waals surface area contributed by atoms with Gasteiger partial charge in [-0.15, -0.1) is 0 Å². The molecular formula is C25H20. The summed E-state index contributed by atoms with van der Waals surface area (Å²) in [6.45, 7) is 4.36. The van der Waals surface area contributed by atoms with E-state index in [0.717, 1.165) is 6.42 Å². The molecule has 4 aromatic carbocycles. The van der Waals surface area contributed by atoms with E-state index in [2.05, 4.69) is 86.6 Å². The van der Waals surface area contributed by atoms with Crippen LogP contribution < -0.4 is 0 Å². The van der Waals surface area contributed by atoms with Crippen molar-refractivity contribution in [3.8, 4) is 22.3 Å². The highest BCUT2D eigenvalue weighted by atomic mass is 14.2. The number of fused-ring (bicyclic) bond motifs is 4. The minimum Gasteiger partial charge on any atom is -0.0613 e. The standard InChI is InChI=1S/C25H20/c1-16-9-11-23-19(13-16)15-20-14-18(10-12-24(20)23)22-7-4-6-21-17(2)5-3-8-25(21)22/h3-14H,15H2,1-2H3. The second-order valence-electron chi connectivity index (χ2n) is 7.18. The first-order valence-electron chi connectivity index (χ1n) is 8.92. The molecule has 0 fully saturated rings. The summed E-state index contributed by atoms with van der Waals surface area (Å²) >= 11 is 0. The first-order valence-corrected chi connectivity index (χ1v) is 8.92. The molecule has 120 valence electrons. The van der Waals surface area contributed by atoms with Gasteiger partial charge in [0.15, 0.2) is 0 Å². The third-order valence-corrected chi connectivity index (χ3v) is 5.49. The average molecular weight is 320 g/mol. The van der Waals surface area contributed by atoms with Gasteiger partial charge >= 0.3 is 0 Å². The first-order chi connectivity index (χ1) is 12.2. The predicted molar refractivity (Wildman–Crippen MR) is 107 cm³/mol. The molecule has 1 aliphatic rings. The van der Waals surface area contributed by atoms with Crippen LogP contribution in [0.5, 0.6) is 0 Å². The van der Waals surface area contributed by atoms with E-state index in [9.17, 15) is 0 Å². The first kappa shape index (κ1) is 14.5. The molecule has 0 aromatic heterocycles. The Morgan fingerprint density at radius 3 is 2.20 bits per heavy atom. The number of rotatable bonds is 1. The molecule has 0 saturated heterocycles. The van der Waals surface area contributed by atoms with Crippen LogP contribution in [0, 0.1) is 13.8 Å². The van der Waals surface area contributed by atoms with Crippen LogP contribution in [-0.2, 0) is 6.42 Å². The van der Waals surface area contributed by atoms with Crippen LogP contribution in [0.25, 0.3) is 33.0 Å². The highest BCUT2D eigenvalue weighted by Gasteiger charge is 2.19. The van der Waals surface area contributed by atoms with E-state index in [1.165, 1.54) is 55.3 Å². The maximum Gasteiger partial charge on any atom is -0.00131 e. The van der Waals surface area contributed by atoms with Crippen LogP contribution in [0.1, 0.15) is 22.3 Å². The van der Waals surface area contributed by atoms with Crippen LogP contribution in [0.4, 0.5) is 0 Å². The van der Waals surface area contributed by atoms with Gasteiger partial charge in [-0.25, -0.2) is 0 Å². The number of hydrogen-bond acceptors (Lipinski definition) is 0. The largest absolute Gasteiger partial charge is 0.0613 e. The Balaban J connectivity index is 1.68. The molecule has 0 amide bonds. The van der Waals surface area contributed by atoms with Crippen LogP contribution in [0.3, 0.4) is 0 Å². The van der Waals surface area contributed by atoms with Gasteiger partial charge in [0.1, 0.15) is 0 Å². The molecule has 1 aliphatic carbocycles. The van der Waals surface area contributed by atoms with E-state index in [1.807, 2.05) is 0 Å². The summed E-state index contributed by atoms with van der Waals surface area (Å²) in [4.78, 5) is 0. The second kappa shape index (κ2) is 5.32. The van der Waals surface area contributed by atoms with Crippen molar-refractivity contribution in [2.45, 2.75) is 20.3 Å². The van der Waals surface area contributed by atoms with Gasteiger partial charge in [-0.1, -0.05) is 78.4 Å². The molecule has 5 rings (SSSR count). The molecular weight excluding hydrogens is 300 g/mol. The zero-order valence-corrected chi connectivity index (χ0v) is 14.6. The zero-order chi connectivity index (χ0) is 17.0. The van der Waals surface area contributed by atoms with E-state index < -0.39 is 0 Å². The van der Waals surface area contributed by atoms with E-state index in [-0.39, 0.29) is 0 Å². The van der Waals surface area contributed by atoms with Gasteiger partial charge in [-0.05, 0) is 70.0 Å². The van der Waals surface area contributed by atoms with Crippen LogP contribution in [0.15, 0.2) is 72.8 Å². The van der Waals surface area contributed by atoms with E-state index >= 15 is 0 Å². The Morgan fingerprint density at radius 2 is 1.32 bits per heavy atom. The maximum atomic E-state index is 2.39. The highest BCUT2D eigenvalue weighted by molar-refractivity contribution is 5.98. The third-order valence-electron chi connectivity index (χ3n) is 5.49. The monoisotopic (exact) mass is 320 g/mol. The minimum absolute atomic E-state index is 1.05. The lowest BCUT2D eigenvalue weighted by Gasteiger charge is -2.10. The van der Waals surface area contributed by atoms with Crippen molar-refractivity contribution < 1.29 is 0 Å². The van der Waals surface area contributed by atoms with Crippen molar-refractivity contribution in [1.29, 1.82) is 0 Å². The summed E-state index contributed by atoms with van der Waals surface area (Å²) < 4.78 is 0. The van der Waals surface area contributed by atoms with Crippen molar-refractivity contribution >= 4 is 10.8 Å². The van der Waals surface area contributed by atoms with Crippen LogP contribution >= 0.6 is 0 Å². The predicted octanol–water partition coefficient (Wildman–Crippen LogP) is 6.69. The van der Waals surface area contributed by atoms with E-state index in [4.69, 9.17) is 0 Å². The van der Waals surface area contributed by atoms with Crippen molar-refractivity contribution in [3.63, 3.8) is 0 Å². The van der Waals surface area contributed by atoms with Gasteiger partial charge < -0.3 is 0 Å². The fourth-order valence-electron chi connectivity index (χ4n) is 4.23. The van der Waals surface area contributed by atoms with E-state index in [0.29, 0.717) is 0 Å². The molecule has 0 heterocycles. The Labute approximate surface area is 148 Å². The topological polar surface area (TPSA) is 0 Å². The average Bonchev–Trinajstić information content (AvgIpc) is 2.98. The zero-order valence-electron chi connectivity index (χ0n) is 14.6. The summed E-state index contributed by atoms with van der Waals surface area (Å²) in [5.41, 5.74) is 11.0. The van der Waals surface area contributed by atoms with Gasteiger partial charge in [0.25, 0.3) is 0 Å². The molecule has 0 saturated carbocycles. The van der Waals surface area contributed by atoms with Crippen molar-refractivity contribution in [1.82, 2.24) is 0 Å². The quantitative estimate of drug-likeness (QED) is 0.322. The number of benzene rings is 4.